The molecule has 56 heavy (non-hydrogen) atoms. The van der Waals surface area contributed by atoms with Crippen LogP contribution in [0.3, 0.4) is 0 Å². The molecule has 0 atom stereocenters. The van der Waals surface area contributed by atoms with Crippen molar-refractivity contribution in [3.63, 3.8) is 0 Å². The van der Waals surface area contributed by atoms with E-state index in [9.17, 15) is 0 Å². The number of hydrogen-bond acceptors (Lipinski definition) is 1. The molecule has 10 rings (SSSR count). The third-order valence-corrected chi connectivity index (χ3v) is 12.4. The lowest BCUT2D eigenvalue weighted by Gasteiger charge is -2.22. The first-order chi connectivity index (χ1) is 27.4. The van der Waals surface area contributed by atoms with Crippen LogP contribution in [0.5, 0.6) is 0 Å². The quantitative estimate of drug-likeness (QED) is 0.123. The average Bonchev–Trinajstić information content (AvgIpc) is 3.74. The lowest BCUT2D eigenvalue weighted by molar-refractivity contribution is 0.613. The minimum Gasteiger partial charge on any atom is -0.456 e. The minimum absolute atomic E-state index is 0.195. The molecule has 1 nitrogen and oxygen atoms in total. The highest BCUT2D eigenvalue weighted by Gasteiger charge is 2.39. The second kappa shape index (κ2) is 13.4. The molecule has 0 saturated carbocycles. The fraction of sp³-hybridized carbons (Fsp3) is 0.127. The third-order valence-electron chi connectivity index (χ3n) is 12.4. The number of fused-ring (bicyclic) bond motifs is 11. The van der Waals surface area contributed by atoms with Crippen LogP contribution >= 0.6 is 0 Å². The molecule has 1 heteroatoms. The molecule has 0 fully saturated rings. The number of rotatable bonds is 6. The Kier molecular flexibility index (Phi) is 8.15. The van der Waals surface area contributed by atoms with Gasteiger partial charge in [-0.2, -0.15) is 0 Å². The van der Waals surface area contributed by atoms with Gasteiger partial charge in [0.2, 0.25) is 0 Å². The van der Waals surface area contributed by atoms with Gasteiger partial charge in [-0.05, 0) is 109 Å². The fourth-order valence-electron chi connectivity index (χ4n) is 9.66. The molecule has 0 N–H and O–H groups in total. The zero-order valence-electron chi connectivity index (χ0n) is 32.5. The largest absolute Gasteiger partial charge is 0.456 e. The summed E-state index contributed by atoms with van der Waals surface area (Å²) >= 11 is 0. The average molecular weight is 721 g/mol. The van der Waals surface area contributed by atoms with E-state index in [4.69, 9.17) is 4.42 Å². The summed E-state index contributed by atoms with van der Waals surface area (Å²) in [5.74, 6) is 0. The highest BCUT2D eigenvalue weighted by molar-refractivity contribution is 6.21. The van der Waals surface area contributed by atoms with E-state index in [1.54, 1.807) is 0 Å². The Bertz CT molecular complexity index is 3110. The summed E-state index contributed by atoms with van der Waals surface area (Å²) in [4.78, 5) is 0. The predicted octanol–water partition coefficient (Wildman–Crippen LogP) is 15.3. The molecule has 270 valence electrons. The van der Waals surface area contributed by atoms with E-state index >= 15 is 0 Å². The van der Waals surface area contributed by atoms with Gasteiger partial charge in [0.1, 0.15) is 11.2 Å². The summed E-state index contributed by atoms with van der Waals surface area (Å²) in [6.07, 6.45) is 13.4. The zero-order chi connectivity index (χ0) is 38.0. The maximum absolute atomic E-state index is 6.72. The van der Waals surface area contributed by atoms with E-state index in [0.29, 0.717) is 0 Å². The van der Waals surface area contributed by atoms with Gasteiger partial charge in [0.05, 0.1) is 0 Å². The van der Waals surface area contributed by atoms with Crippen molar-refractivity contribution in [3.05, 3.63) is 203 Å². The van der Waals surface area contributed by atoms with Crippen LogP contribution in [0.25, 0.3) is 76.2 Å². The summed E-state index contributed by atoms with van der Waals surface area (Å²) in [6, 6.07) is 50.5. The Morgan fingerprint density at radius 1 is 0.571 bits per heavy atom. The molecule has 9 aromatic rings. The molecule has 1 aliphatic rings. The Balaban J connectivity index is 1.06. The molecule has 0 radical (unpaired) electrons. The van der Waals surface area contributed by atoms with Gasteiger partial charge in [-0.25, -0.2) is 0 Å². The molecule has 0 aliphatic heterocycles. The molecule has 0 spiro atoms. The third kappa shape index (κ3) is 5.37. The van der Waals surface area contributed by atoms with E-state index in [2.05, 4.69) is 198 Å². The van der Waals surface area contributed by atoms with Crippen LogP contribution < -0.4 is 0 Å². The summed E-state index contributed by atoms with van der Waals surface area (Å²) in [5, 5.41) is 12.8. The normalized spacial score (nSPS) is 15.5. The smallest absolute Gasteiger partial charge is 0.140 e. The van der Waals surface area contributed by atoms with Crippen LogP contribution in [0.4, 0.5) is 0 Å². The van der Waals surface area contributed by atoms with Crippen LogP contribution in [0.15, 0.2) is 180 Å². The van der Waals surface area contributed by atoms with Crippen molar-refractivity contribution >= 4 is 76.2 Å². The van der Waals surface area contributed by atoms with Crippen molar-refractivity contribution in [2.75, 3.05) is 0 Å². The van der Waals surface area contributed by atoms with Crippen LogP contribution in [0, 0.1) is 0 Å². The number of hydrogen-bond donors (Lipinski definition) is 0. The molecule has 0 saturated heterocycles. The summed E-state index contributed by atoms with van der Waals surface area (Å²) < 4.78 is 6.72. The van der Waals surface area contributed by atoms with Crippen LogP contribution in [-0.2, 0) is 18.3 Å². The van der Waals surface area contributed by atoms with Crippen LogP contribution in [0.2, 0.25) is 0 Å². The number of furan rings is 1. The highest BCUT2D eigenvalue weighted by Crippen LogP contribution is 2.51. The summed E-state index contributed by atoms with van der Waals surface area (Å²) in [6.45, 7) is 9.29. The molecular formula is C55H44O. The van der Waals surface area contributed by atoms with Crippen molar-refractivity contribution in [1.29, 1.82) is 0 Å². The maximum Gasteiger partial charge on any atom is 0.140 e. The van der Waals surface area contributed by atoms with Gasteiger partial charge in [-0.3, -0.25) is 0 Å². The van der Waals surface area contributed by atoms with Crippen LogP contribution in [0.1, 0.15) is 55.5 Å². The fourth-order valence-corrected chi connectivity index (χ4v) is 9.66. The van der Waals surface area contributed by atoms with Gasteiger partial charge in [-0.15, -0.1) is 0 Å². The van der Waals surface area contributed by atoms with Crippen molar-refractivity contribution in [1.82, 2.24) is 0 Å². The van der Waals surface area contributed by atoms with E-state index < -0.39 is 0 Å². The Morgan fingerprint density at radius 3 is 1.79 bits per heavy atom. The molecule has 0 unspecified atom stereocenters. The minimum atomic E-state index is -0.195. The molecule has 1 heterocycles. The molecule has 8 aromatic carbocycles. The van der Waals surface area contributed by atoms with Gasteiger partial charge >= 0.3 is 0 Å². The highest BCUT2D eigenvalue weighted by atomic mass is 16.3. The Labute approximate surface area is 328 Å². The first-order valence-electron chi connectivity index (χ1n) is 19.9. The molecular weight excluding hydrogens is 677 g/mol. The standard InChI is InChI=1S/C55H44O/c1-35(18-5-6-19-37-21-17-22-38-20-7-8-23-40(37)38)50-43-26-11-13-28-45(43)51(46-29-14-12-27-44(46)50)36(2)32-33-39-34-48-41-24-9-10-25-42(41)52-47-30-15-16-31-49(47)56-54(52)53(48)55(39,3)4/h5-18,20-33H,19,34H2,1-4H3/b6-5-,35-18+,36-32+,39-33+. The number of para-hydroxylation sites is 1. The zero-order valence-corrected chi connectivity index (χ0v) is 32.5. The van der Waals surface area contributed by atoms with Gasteiger partial charge in [0.25, 0.3) is 0 Å². The van der Waals surface area contributed by atoms with E-state index in [1.807, 2.05) is 0 Å². The first kappa shape index (κ1) is 34.1. The van der Waals surface area contributed by atoms with Crippen molar-refractivity contribution < 1.29 is 4.42 Å². The van der Waals surface area contributed by atoms with Gasteiger partial charge < -0.3 is 4.42 Å². The molecule has 0 amide bonds. The second-order valence-electron chi connectivity index (χ2n) is 16.0. The monoisotopic (exact) mass is 720 g/mol. The predicted molar refractivity (Wildman–Crippen MR) is 242 cm³/mol. The second-order valence-corrected chi connectivity index (χ2v) is 16.0. The van der Waals surface area contributed by atoms with Crippen LogP contribution in [-0.4, -0.2) is 0 Å². The number of benzene rings is 8. The molecule has 1 aromatic heterocycles. The first-order valence-corrected chi connectivity index (χ1v) is 19.9. The van der Waals surface area contributed by atoms with E-state index in [0.717, 1.165) is 24.0 Å². The van der Waals surface area contributed by atoms with Crippen molar-refractivity contribution in [2.45, 2.75) is 46.0 Å². The topological polar surface area (TPSA) is 13.1 Å². The Morgan fingerprint density at radius 2 is 1.11 bits per heavy atom. The summed E-state index contributed by atoms with van der Waals surface area (Å²) in [5.41, 5.74) is 12.4. The lowest BCUT2D eigenvalue weighted by Crippen LogP contribution is -2.15. The van der Waals surface area contributed by atoms with Crippen molar-refractivity contribution in [2.24, 2.45) is 0 Å². The SMILES string of the molecule is C/C(=C\C=C/Cc1cccc2ccccc12)c1c2ccccc2c(/C(C)=C/C=C2\Cc3c(c4oc5ccccc5c4c4ccccc34)C2(C)C)c2ccccc12. The maximum atomic E-state index is 6.72. The number of allylic oxidation sites excluding steroid dienone is 8. The van der Waals surface area contributed by atoms with E-state index in [1.165, 1.54) is 98.4 Å². The van der Waals surface area contributed by atoms with Crippen molar-refractivity contribution in [3.8, 4) is 0 Å². The van der Waals surface area contributed by atoms with Gasteiger partial charge in [0.15, 0.2) is 0 Å². The summed E-state index contributed by atoms with van der Waals surface area (Å²) in [7, 11) is 0. The van der Waals surface area contributed by atoms with Gasteiger partial charge in [0, 0.05) is 21.8 Å². The molecule has 0 bridgehead atoms. The van der Waals surface area contributed by atoms with Gasteiger partial charge in [-0.1, -0.05) is 183 Å². The molecule has 1 aliphatic carbocycles. The Hall–Kier alpha value is -6.44. The lowest BCUT2D eigenvalue weighted by atomic mass is 9.81. The van der Waals surface area contributed by atoms with E-state index in [-0.39, 0.29) is 5.41 Å².